The van der Waals surface area contributed by atoms with E-state index < -0.39 is 0 Å². The third-order valence-electron chi connectivity index (χ3n) is 9.75. The van der Waals surface area contributed by atoms with Crippen molar-refractivity contribution in [1.29, 1.82) is 0 Å². The Morgan fingerprint density at radius 1 is 0.364 bits per heavy atom. The lowest BCUT2D eigenvalue weighted by Crippen LogP contribution is -2.00. The van der Waals surface area contributed by atoms with Crippen molar-refractivity contribution in [3.8, 4) is 78.1 Å². The Labute approximate surface area is 321 Å². The van der Waals surface area contributed by atoms with Crippen LogP contribution in [0.2, 0.25) is 0 Å². The molecule has 5 aromatic carbocycles. The summed E-state index contributed by atoms with van der Waals surface area (Å²) in [7, 11) is 0. The standard InChI is InChI=1S/C48H30N6S/c1-3-10-34(11-4-1)46-52-47(35-12-5-2-6-13-35)54-48(53-46)36-20-18-31(19-21-36)37-14-9-15-38(30-37)43-42-41(32-22-26-49-27-23-32)44(33-24-28-50-29-25-33)55-45(42)39-16-7-8-17-40(39)51-43/h1-30H. The third-order valence-corrected chi connectivity index (χ3v) is 11.0. The Morgan fingerprint density at radius 3 is 1.51 bits per heavy atom. The number of rotatable bonds is 7. The van der Waals surface area contributed by atoms with Crippen LogP contribution in [0.4, 0.5) is 0 Å². The zero-order chi connectivity index (χ0) is 36.6. The SMILES string of the molecule is c1ccc(-c2nc(-c3ccccc3)nc(-c3ccc(-c4cccc(-c5nc6ccccc6c6sc(-c7ccncc7)c(-c7ccncc7)c56)c4)cc3)n2)cc1. The molecule has 7 heteroatoms. The maximum Gasteiger partial charge on any atom is 0.164 e. The van der Waals surface area contributed by atoms with Gasteiger partial charge in [0.05, 0.1) is 11.2 Å². The lowest BCUT2D eigenvalue weighted by molar-refractivity contribution is 1.07. The summed E-state index contributed by atoms with van der Waals surface area (Å²) in [6, 6.07) is 54.0. The van der Waals surface area contributed by atoms with Gasteiger partial charge in [0.25, 0.3) is 0 Å². The second-order valence-electron chi connectivity index (χ2n) is 13.2. The number of fused-ring (bicyclic) bond motifs is 3. The van der Waals surface area contributed by atoms with Gasteiger partial charge in [-0.15, -0.1) is 11.3 Å². The summed E-state index contributed by atoms with van der Waals surface area (Å²) in [6.45, 7) is 0. The zero-order valence-corrected chi connectivity index (χ0v) is 30.2. The first-order valence-electron chi connectivity index (χ1n) is 18.0. The molecule has 5 heterocycles. The first kappa shape index (κ1) is 32.4. The van der Waals surface area contributed by atoms with Gasteiger partial charge in [0.1, 0.15) is 0 Å². The van der Waals surface area contributed by atoms with Crippen molar-refractivity contribution in [2.45, 2.75) is 0 Å². The number of pyridine rings is 3. The molecule has 0 spiro atoms. The van der Waals surface area contributed by atoms with E-state index in [1.165, 1.54) is 9.58 Å². The summed E-state index contributed by atoms with van der Waals surface area (Å²) < 4.78 is 1.20. The van der Waals surface area contributed by atoms with Crippen LogP contribution in [0.25, 0.3) is 99.1 Å². The van der Waals surface area contributed by atoms with E-state index in [2.05, 4.69) is 107 Å². The molecule has 5 aromatic heterocycles. The van der Waals surface area contributed by atoms with E-state index in [-0.39, 0.29) is 0 Å². The molecular formula is C48H30N6S. The molecule has 0 atom stereocenters. The van der Waals surface area contributed by atoms with Crippen LogP contribution in [-0.2, 0) is 0 Å². The highest BCUT2D eigenvalue weighted by Gasteiger charge is 2.23. The summed E-state index contributed by atoms with van der Waals surface area (Å²) >= 11 is 1.80. The molecule has 55 heavy (non-hydrogen) atoms. The molecule has 10 aromatic rings. The van der Waals surface area contributed by atoms with Crippen LogP contribution in [0.3, 0.4) is 0 Å². The number of thiophene rings is 1. The molecule has 6 nitrogen and oxygen atoms in total. The van der Waals surface area contributed by atoms with Crippen molar-refractivity contribution >= 4 is 32.3 Å². The van der Waals surface area contributed by atoms with Crippen LogP contribution in [0, 0.1) is 0 Å². The Balaban J connectivity index is 1.10. The average Bonchev–Trinajstić information content (AvgIpc) is 3.69. The van der Waals surface area contributed by atoms with E-state index in [1.54, 1.807) is 11.3 Å². The van der Waals surface area contributed by atoms with Crippen LogP contribution < -0.4 is 0 Å². The van der Waals surface area contributed by atoms with Gasteiger partial charge in [0.2, 0.25) is 0 Å². The predicted molar refractivity (Wildman–Crippen MR) is 224 cm³/mol. The van der Waals surface area contributed by atoms with Gasteiger partial charge in [0.15, 0.2) is 17.5 Å². The van der Waals surface area contributed by atoms with E-state index in [9.17, 15) is 0 Å². The van der Waals surface area contributed by atoms with Gasteiger partial charge in [-0.25, -0.2) is 19.9 Å². The minimum absolute atomic E-state index is 0.627. The Kier molecular flexibility index (Phi) is 8.24. The predicted octanol–water partition coefficient (Wildman–Crippen LogP) is 12.1. The van der Waals surface area contributed by atoms with Crippen molar-refractivity contribution in [3.63, 3.8) is 0 Å². The normalized spacial score (nSPS) is 11.3. The van der Waals surface area contributed by atoms with Gasteiger partial charge in [-0.1, -0.05) is 121 Å². The van der Waals surface area contributed by atoms with E-state index in [0.717, 1.165) is 72.1 Å². The minimum Gasteiger partial charge on any atom is -0.265 e. The van der Waals surface area contributed by atoms with Crippen LogP contribution in [0.1, 0.15) is 0 Å². The maximum atomic E-state index is 5.38. The first-order valence-corrected chi connectivity index (χ1v) is 18.8. The summed E-state index contributed by atoms with van der Waals surface area (Å²) in [6.07, 6.45) is 7.42. The van der Waals surface area contributed by atoms with Gasteiger partial charge in [-0.3, -0.25) is 9.97 Å². The number of hydrogen-bond acceptors (Lipinski definition) is 7. The topological polar surface area (TPSA) is 77.3 Å². The quantitative estimate of drug-likeness (QED) is 0.163. The van der Waals surface area contributed by atoms with Crippen LogP contribution >= 0.6 is 11.3 Å². The third kappa shape index (κ3) is 6.12. The molecule has 0 saturated carbocycles. The van der Waals surface area contributed by atoms with Crippen molar-refractivity contribution < 1.29 is 0 Å². The fourth-order valence-electron chi connectivity index (χ4n) is 7.09. The molecule has 0 radical (unpaired) electrons. The number of nitrogens with zero attached hydrogens (tertiary/aromatic N) is 6. The molecule has 0 saturated heterocycles. The van der Waals surface area contributed by atoms with E-state index in [0.29, 0.717) is 17.5 Å². The fourth-order valence-corrected chi connectivity index (χ4v) is 8.45. The second kappa shape index (κ2) is 14.0. The monoisotopic (exact) mass is 722 g/mol. The molecule has 0 N–H and O–H groups in total. The van der Waals surface area contributed by atoms with Gasteiger partial charge in [-0.05, 0) is 58.7 Å². The van der Waals surface area contributed by atoms with Gasteiger partial charge in [-0.2, -0.15) is 0 Å². The molecule has 0 amide bonds. The molecule has 258 valence electrons. The zero-order valence-electron chi connectivity index (χ0n) is 29.4. The van der Waals surface area contributed by atoms with Crippen molar-refractivity contribution in [2.75, 3.05) is 0 Å². The Bertz CT molecular complexity index is 2890. The summed E-state index contributed by atoms with van der Waals surface area (Å²) in [4.78, 5) is 29.9. The highest BCUT2D eigenvalue weighted by atomic mass is 32.1. The summed E-state index contributed by atoms with van der Waals surface area (Å²) in [5.41, 5.74) is 11.3. The maximum absolute atomic E-state index is 5.38. The molecule has 0 bridgehead atoms. The molecular weight excluding hydrogens is 693 g/mol. The van der Waals surface area contributed by atoms with E-state index in [4.69, 9.17) is 19.9 Å². The van der Waals surface area contributed by atoms with Crippen LogP contribution in [0.15, 0.2) is 183 Å². The molecule has 10 rings (SSSR count). The average molecular weight is 723 g/mol. The van der Waals surface area contributed by atoms with Crippen molar-refractivity contribution in [3.05, 3.63) is 183 Å². The van der Waals surface area contributed by atoms with Gasteiger partial charge < -0.3 is 0 Å². The highest BCUT2D eigenvalue weighted by molar-refractivity contribution is 7.24. The number of hydrogen-bond donors (Lipinski definition) is 0. The van der Waals surface area contributed by atoms with Crippen LogP contribution in [0.5, 0.6) is 0 Å². The second-order valence-corrected chi connectivity index (χ2v) is 14.2. The fraction of sp³-hybridized carbons (Fsp3) is 0. The first-order chi connectivity index (χ1) is 27.3. The largest absolute Gasteiger partial charge is 0.265 e. The Morgan fingerprint density at radius 2 is 0.873 bits per heavy atom. The molecule has 0 fully saturated rings. The number of aromatic nitrogens is 6. The Hall–Kier alpha value is -7.22. The van der Waals surface area contributed by atoms with Crippen molar-refractivity contribution in [1.82, 2.24) is 29.9 Å². The highest BCUT2D eigenvalue weighted by Crippen LogP contribution is 2.50. The van der Waals surface area contributed by atoms with E-state index in [1.807, 2.05) is 85.5 Å². The van der Waals surface area contributed by atoms with Crippen molar-refractivity contribution in [2.24, 2.45) is 0 Å². The summed E-state index contributed by atoms with van der Waals surface area (Å²) in [5, 5.41) is 2.27. The smallest absolute Gasteiger partial charge is 0.164 e. The molecule has 0 aliphatic carbocycles. The molecule has 0 unspecified atom stereocenters. The van der Waals surface area contributed by atoms with Crippen LogP contribution in [-0.4, -0.2) is 29.9 Å². The van der Waals surface area contributed by atoms with Gasteiger partial charge in [0, 0.05) is 73.0 Å². The molecule has 0 aliphatic heterocycles. The molecule has 0 aliphatic rings. The summed E-state index contributed by atoms with van der Waals surface area (Å²) in [5.74, 6) is 1.91. The lowest BCUT2D eigenvalue weighted by Gasteiger charge is -2.12. The lowest BCUT2D eigenvalue weighted by atomic mass is 9.94. The number of para-hydroxylation sites is 1. The number of benzene rings is 5. The van der Waals surface area contributed by atoms with E-state index >= 15 is 0 Å². The van der Waals surface area contributed by atoms with Gasteiger partial charge >= 0.3 is 0 Å². The minimum atomic E-state index is 0.627.